The van der Waals surface area contributed by atoms with Gasteiger partial charge in [-0.2, -0.15) is 0 Å². The Morgan fingerprint density at radius 2 is 2.32 bits per heavy atom. The molecule has 2 atom stereocenters. The van der Waals surface area contributed by atoms with Crippen molar-refractivity contribution >= 4 is 12.4 Å². The summed E-state index contributed by atoms with van der Waals surface area (Å²) in [6.45, 7) is 1.32. The van der Waals surface area contributed by atoms with Crippen molar-refractivity contribution in [2.45, 2.75) is 38.3 Å². The number of nitrogens with one attached hydrogen (secondary N) is 1. The molecule has 0 saturated heterocycles. The van der Waals surface area contributed by atoms with Crippen LogP contribution < -0.4 is 5.32 Å². The summed E-state index contributed by atoms with van der Waals surface area (Å²) in [6, 6.07) is 4.37. The van der Waals surface area contributed by atoms with Crippen LogP contribution in [0, 0.1) is 5.82 Å². The minimum atomic E-state index is -0.531. The predicted octanol–water partition coefficient (Wildman–Crippen LogP) is 1.79. The van der Waals surface area contributed by atoms with Crippen LogP contribution in [0.5, 0.6) is 0 Å². The summed E-state index contributed by atoms with van der Waals surface area (Å²) in [4.78, 5) is 21.6. The Labute approximate surface area is 110 Å². The molecule has 0 saturated carbocycles. The van der Waals surface area contributed by atoms with Crippen molar-refractivity contribution in [2.75, 3.05) is 0 Å². The van der Waals surface area contributed by atoms with E-state index in [2.05, 4.69) is 5.32 Å². The Balaban J connectivity index is 2.31. The monoisotopic (exact) mass is 264 g/mol. The highest BCUT2D eigenvalue weighted by Crippen LogP contribution is 2.32. The van der Waals surface area contributed by atoms with E-state index in [-0.39, 0.29) is 11.9 Å². The largest absolute Gasteiger partial charge is 0.458 e. The lowest BCUT2D eigenvalue weighted by Gasteiger charge is -2.20. The Morgan fingerprint density at radius 3 is 3.00 bits per heavy atom. The Bertz CT molecular complexity index is 490. The fourth-order valence-corrected chi connectivity index (χ4v) is 2.45. The first kappa shape index (κ1) is 13.5. The first-order valence-electron chi connectivity index (χ1n) is 6.18. The van der Waals surface area contributed by atoms with Crippen LogP contribution in [0.15, 0.2) is 18.2 Å². The molecular weight excluding hydrogens is 249 g/mol. The van der Waals surface area contributed by atoms with Gasteiger partial charge in [-0.3, -0.25) is 9.59 Å². The first-order chi connectivity index (χ1) is 9.10. The molecule has 4 nitrogen and oxygen atoms in total. The minimum absolute atomic E-state index is 0.127. The van der Waals surface area contributed by atoms with E-state index in [1.165, 1.54) is 19.1 Å². The molecule has 0 bridgehead atoms. The van der Waals surface area contributed by atoms with Gasteiger partial charge >= 0.3 is 12.4 Å². The van der Waals surface area contributed by atoms with Crippen molar-refractivity contribution in [2.24, 2.45) is 0 Å². The average molecular weight is 264 g/mol. The van der Waals surface area contributed by atoms with E-state index in [0.717, 1.165) is 5.56 Å². The standard InChI is InChI=1S/C14H15FNO3/c1-9(18)19-14-7-12(16-8-17)5-3-10-2-4-11(15)6-13(10)14/h2,4,6,12,14H,3,5,7H2,1H3,(H,16,17). The third kappa shape index (κ3) is 3.30. The molecule has 0 fully saturated rings. The van der Waals surface area contributed by atoms with Crippen molar-refractivity contribution < 1.29 is 18.7 Å². The number of benzene rings is 1. The third-order valence-corrected chi connectivity index (χ3v) is 3.29. The summed E-state index contributed by atoms with van der Waals surface area (Å²) >= 11 is 0. The highest BCUT2D eigenvalue weighted by molar-refractivity contribution is 5.66. The van der Waals surface area contributed by atoms with E-state index >= 15 is 0 Å². The van der Waals surface area contributed by atoms with E-state index in [0.29, 0.717) is 24.8 Å². The van der Waals surface area contributed by atoms with Gasteiger partial charge in [-0.1, -0.05) is 6.07 Å². The molecule has 1 aromatic rings. The van der Waals surface area contributed by atoms with E-state index in [1.54, 1.807) is 12.5 Å². The van der Waals surface area contributed by atoms with Gasteiger partial charge in [0.05, 0.1) is 0 Å². The molecule has 2 rings (SSSR count). The molecule has 101 valence electrons. The average Bonchev–Trinajstić information content (AvgIpc) is 2.50. The molecule has 2 unspecified atom stereocenters. The topological polar surface area (TPSA) is 55.4 Å². The zero-order valence-electron chi connectivity index (χ0n) is 10.6. The molecule has 0 heterocycles. The number of fused-ring (bicyclic) bond motifs is 1. The Morgan fingerprint density at radius 1 is 1.53 bits per heavy atom. The second kappa shape index (κ2) is 5.82. The molecule has 1 aromatic carbocycles. The minimum Gasteiger partial charge on any atom is -0.458 e. The second-order valence-corrected chi connectivity index (χ2v) is 4.66. The van der Waals surface area contributed by atoms with Crippen molar-refractivity contribution in [1.82, 2.24) is 5.32 Å². The molecule has 0 aromatic heterocycles. The molecule has 1 aliphatic carbocycles. The molecule has 1 N–H and O–H groups in total. The van der Waals surface area contributed by atoms with Crippen LogP contribution in [-0.4, -0.2) is 18.4 Å². The fourth-order valence-electron chi connectivity index (χ4n) is 2.45. The van der Waals surface area contributed by atoms with Gasteiger partial charge in [-0.25, -0.2) is 4.39 Å². The van der Waals surface area contributed by atoms with Gasteiger partial charge in [0.15, 0.2) is 0 Å². The lowest BCUT2D eigenvalue weighted by molar-refractivity contribution is -0.147. The number of esters is 1. The lowest BCUT2D eigenvalue weighted by Crippen LogP contribution is -2.29. The number of halogens is 1. The maximum atomic E-state index is 13.4. The number of hydrogen-bond donors (Lipinski definition) is 1. The number of aryl methyl sites for hydroxylation is 1. The third-order valence-electron chi connectivity index (χ3n) is 3.29. The molecule has 0 spiro atoms. The van der Waals surface area contributed by atoms with Crippen molar-refractivity contribution in [1.29, 1.82) is 0 Å². The number of carbonyl (C=O) groups is 1. The summed E-state index contributed by atoms with van der Waals surface area (Å²) in [5, 5.41) is 2.59. The molecule has 1 amide bonds. The SMILES string of the molecule is CC(=O)OC1CC(N[C]=O)CCc2ccc(F)cc21. The highest BCUT2D eigenvalue weighted by atomic mass is 19.1. The number of rotatable bonds is 3. The van der Waals surface area contributed by atoms with Crippen molar-refractivity contribution in [3.8, 4) is 0 Å². The summed E-state index contributed by atoms with van der Waals surface area (Å²) in [7, 11) is 0. The van der Waals surface area contributed by atoms with E-state index < -0.39 is 12.1 Å². The molecule has 5 heteroatoms. The van der Waals surface area contributed by atoms with Crippen LogP contribution in [0.3, 0.4) is 0 Å². The maximum Gasteiger partial charge on any atom is 0.309 e. The van der Waals surface area contributed by atoms with Crippen LogP contribution >= 0.6 is 0 Å². The number of amides is 1. The lowest BCUT2D eigenvalue weighted by atomic mass is 10.0. The van der Waals surface area contributed by atoms with Crippen LogP contribution in [0.4, 0.5) is 4.39 Å². The molecule has 19 heavy (non-hydrogen) atoms. The van der Waals surface area contributed by atoms with Crippen LogP contribution in [-0.2, 0) is 20.7 Å². The number of hydrogen-bond acceptors (Lipinski definition) is 3. The zero-order chi connectivity index (χ0) is 13.8. The molecule has 1 aliphatic rings. The molecule has 0 aliphatic heterocycles. The predicted molar refractivity (Wildman–Crippen MR) is 66.5 cm³/mol. The van der Waals surface area contributed by atoms with Gasteiger partial charge in [0.25, 0.3) is 0 Å². The summed E-state index contributed by atoms with van der Waals surface area (Å²) < 4.78 is 18.6. The van der Waals surface area contributed by atoms with Crippen LogP contribution in [0.1, 0.15) is 37.0 Å². The van der Waals surface area contributed by atoms with E-state index in [4.69, 9.17) is 4.74 Å². The summed E-state index contributed by atoms with van der Waals surface area (Å²) in [5.74, 6) is -0.778. The number of ether oxygens (including phenoxy) is 1. The quantitative estimate of drug-likeness (QED) is 0.514. The fraction of sp³-hybridized carbons (Fsp3) is 0.429. The van der Waals surface area contributed by atoms with Gasteiger partial charge < -0.3 is 10.1 Å². The van der Waals surface area contributed by atoms with Crippen LogP contribution in [0.25, 0.3) is 0 Å². The van der Waals surface area contributed by atoms with Gasteiger partial charge in [0.1, 0.15) is 11.9 Å². The summed E-state index contributed by atoms with van der Waals surface area (Å²) in [5.41, 5.74) is 1.63. The van der Waals surface area contributed by atoms with Gasteiger partial charge in [-0.15, -0.1) is 0 Å². The Kier molecular flexibility index (Phi) is 4.14. The van der Waals surface area contributed by atoms with Crippen LogP contribution in [0.2, 0.25) is 0 Å². The van der Waals surface area contributed by atoms with Gasteiger partial charge in [0.2, 0.25) is 0 Å². The first-order valence-corrected chi connectivity index (χ1v) is 6.18. The Hall–Kier alpha value is -1.91. The van der Waals surface area contributed by atoms with Gasteiger partial charge in [0, 0.05) is 19.4 Å². The van der Waals surface area contributed by atoms with E-state index in [1.807, 2.05) is 0 Å². The molecular formula is C14H15FNO3. The summed E-state index contributed by atoms with van der Waals surface area (Å²) in [6.07, 6.45) is 2.98. The normalized spacial score (nSPS) is 22.0. The molecule has 1 radical (unpaired) electrons. The van der Waals surface area contributed by atoms with Crippen molar-refractivity contribution in [3.05, 3.63) is 35.1 Å². The maximum absolute atomic E-state index is 13.4. The second-order valence-electron chi connectivity index (χ2n) is 4.66. The number of carbonyl (C=O) groups excluding carboxylic acids is 2. The van der Waals surface area contributed by atoms with E-state index in [9.17, 15) is 14.0 Å². The zero-order valence-corrected chi connectivity index (χ0v) is 10.6. The smallest absolute Gasteiger partial charge is 0.309 e. The highest BCUT2D eigenvalue weighted by Gasteiger charge is 2.27. The van der Waals surface area contributed by atoms with Gasteiger partial charge in [-0.05, 0) is 36.1 Å². The van der Waals surface area contributed by atoms with Crippen molar-refractivity contribution in [3.63, 3.8) is 0 Å².